The summed E-state index contributed by atoms with van der Waals surface area (Å²) in [6, 6.07) is 0. The Kier molecular flexibility index (Phi) is 4.07. The molecule has 2 fully saturated rings. The predicted molar refractivity (Wildman–Crippen MR) is 64.9 cm³/mol. The van der Waals surface area contributed by atoms with Crippen LogP contribution >= 0.6 is 12.4 Å². The van der Waals surface area contributed by atoms with Gasteiger partial charge in [0.2, 0.25) is 0 Å². The van der Waals surface area contributed by atoms with E-state index in [0.717, 1.165) is 26.2 Å². The van der Waals surface area contributed by atoms with Crippen LogP contribution < -0.4 is 5.32 Å². The van der Waals surface area contributed by atoms with Gasteiger partial charge in [-0.15, -0.1) is 12.4 Å². The van der Waals surface area contributed by atoms with E-state index in [-0.39, 0.29) is 24.1 Å². The lowest BCUT2D eigenvalue weighted by atomic mass is 10.0. The third-order valence-corrected chi connectivity index (χ3v) is 3.04. The van der Waals surface area contributed by atoms with Crippen LogP contribution in [0.2, 0.25) is 0 Å². The van der Waals surface area contributed by atoms with Crippen molar-refractivity contribution < 1.29 is 9.53 Å². The second-order valence-electron chi connectivity index (χ2n) is 5.56. The summed E-state index contributed by atoms with van der Waals surface area (Å²) in [6.07, 6.45) is -0.156. The van der Waals surface area contributed by atoms with Crippen LogP contribution in [0.15, 0.2) is 0 Å². The van der Waals surface area contributed by atoms with E-state index >= 15 is 0 Å². The van der Waals surface area contributed by atoms with E-state index in [0.29, 0.717) is 11.8 Å². The molecular formula is C11H21ClN2O2. The summed E-state index contributed by atoms with van der Waals surface area (Å²) < 4.78 is 5.35. The fourth-order valence-electron chi connectivity index (χ4n) is 2.33. The number of hydrogen-bond acceptors (Lipinski definition) is 3. The van der Waals surface area contributed by atoms with E-state index in [4.69, 9.17) is 4.74 Å². The molecular weight excluding hydrogens is 228 g/mol. The lowest BCUT2D eigenvalue weighted by Gasteiger charge is -2.24. The molecule has 5 heteroatoms. The molecule has 0 bridgehead atoms. The van der Waals surface area contributed by atoms with Crippen molar-refractivity contribution in [3.05, 3.63) is 0 Å². The van der Waals surface area contributed by atoms with E-state index in [1.54, 1.807) is 0 Å². The molecule has 2 aliphatic rings. The molecule has 4 nitrogen and oxygen atoms in total. The second-order valence-corrected chi connectivity index (χ2v) is 5.56. The molecule has 2 aliphatic heterocycles. The Labute approximate surface area is 103 Å². The first kappa shape index (κ1) is 13.6. The lowest BCUT2D eigenvalue weighted by molar-refractivity contribution is 0.0281. The summed E-state index contributed by atoms with van der Waals surface area (Å²) in [5.41, 5.74) is -0.382. The van der Waals surface area contributed by atoms with Crippen LogP contribution in [0.3, 0.4) is 0 Å². The van der Waals surface area contributed by atoms with Gasteiger partial charge in [-0.1, -0.05) is 0 Å². The summed E-state index contributed by atoms with van der Waals surface area (Å²) in [7, 11) is 0. The number of rotatable bonds is 0. The van der Waals surface area contributed by atoms with Crippen molar-refractivity contribution >= 4 is 18.5 Å². The number of carbonyl (C=O) groups is 1. The highest BCUT2D eigenvalue weighted by Crippen LogP contribution is 2.27. The topological polar surface area (TPSA) is 41.6 Å². The third-order valence-electron chi connectivity index (χ3n) is 3.04. The summed E-state index contributed by atoms with van der Waals surface area (Å²) in [4.78, 5) is 13.6. The monoisotopic (exact) mass is 248 g/mol. The summed E-state index contributed by atoms with van der Waals surface area (Å²) >= 11 is 0. The van der Waals surface area contributed by atoms with Gasteiger partial charge in [0.15, 0.2) is 0 Å². The van der Waals surface area contributed by atoms with Gasteiger partial charge in [-0.05, 0) is 32.6 Å². The highest BCUT2D eigenvalue weighted by Gasteiger charge is 2.39. The van der Waals surface area contributed by atoms with Gasteiger partial charge in [-0.3, -0.25) is 0 Å². The van der Waals surface area contributed by atoms with E-state index < -0.39 is 0 Å². The first-order valence-corrected chi connectivity index (χ1v) is 5.64. The SMILES string of the molecule is CC(C)(C)OC(=O)N1C[C@H]2CNC[C@@H]2C1.Cl. The fraction of sp³-hybridized carbons (Fsp3) is 0.909. The zero-order chi connectivity index (χ0) is 11.1. The smallest absolute Gasteiger partial charge is 0.410 e. The van der Waals surface area contributed by atoms with Crippen molar-refractivity contribution in [2.75, 3.05) is 26.2 Å². The van der Waals surface area contributed by atoms with Crippen LogP contribution in [0.25, 0.3) is 0 Å². The number of carbonyl (C=O) groups excluding carboxylic acids is 1. The Hall–Kier alpha value is -0.480. The Balaban J connectivity index is 0.00000128. The zero-order valence-corrected chi connectivity index (χ0v) is 11.0. The molecule has 0 saturated carbocycles. The number of nitrogens with zero attached hydrogens (tertiary/aromatic N) is 1. The molecule has 2 rings (SSSR count). The summed E-state index contributed by atoms with van der Waals surface area (Å²) in [5.74, 6) is 1.27. The first-order valence-electron chi connectivity index (χ1n) is 5.64. The summed E-state index contributed by atoms with van der Waals surface area (Å²) in [5, 5.41) is 3.35. The van der Waals surface area contributed by atoms with Crippen molar-refractivity contribution in [1.82, 2.24) is 10.2 Å². The molecule has 2 heterocycles. The third kappa shape index (κ3) is 3.01. The number of halogens is 1. The molecule has 2 saturated heterocycles. The zero-order valence-electron chi connectivity index (χ0n) is 10.2. The molecule has 0 aromatic heterocycles. The maximum absolute atomic E-state index is 11.8. The van der Waals surface area contributed by atoms with Gasteiger partial charge >= 0.3 is 6.09 Å². The van der Waals surface area contributed by atoms with Crippen molar-refractivity contribution in [1.29, 1.82) is 0 Å². The van der Waals surface area contributed by atoms with Gasteiger partial charge in [-0.2, -0.15) is 0 Å². The summed E-state index contributed by atoms with van der Waals surface area (Å²) in [6.45, 7) is 9.52. The Bertz CT molecular complexity index is 253. The quantitative estimate of drug-likeness (QED) is 0.706. The molecule has 2 atom stereocenters. The lowest BCUT2D eigenvalue weighted by Crippen LogP contribution is -2.36. The van der Waals surface area contributed by atoms with Gasteiger partial charge in [0.05, 0.1) is 0 Å². The van der Waals surface area contributed by atoms with Crippen LogP contribution in [0.4, 0.5) is 4.79 Å². The van der Waals surface area contributed by atoms with Crippen molar-refractivity contribution in [2.45, 2.75) is 26.4 Å². The normalized spacial score (nSPS) is 28.6. The standard InChI is InChI=1S/C11H20N2O2.ClH/c1-11(2,3)15-10(14)13-6-8-4-12-5-9(8)7-13;/h8-9,12H,4-7H2,1-3H3;1H/t8-,9-;/m1./s1. The molecule has 94 valence electrons. The molecule has 0 spiro atoms. The molecule has 1 N–H and O–H groups in total. The Morgan fingerprint density at radius 3 is 2.19 bits per heavy atom. The van der Waals surface area contributed by atoms with Gasteiger partial charge in [0.25, 0.3) is 0 Å². The van der Waals surface area contributed by atoms with Gasteiger partial charge < -0.3 is 15.0 Å². The van der Waals surface area contributed by atoms with Crippen LogP contribution in [0.1, 0.15) is 20.8 Å². The van der Waals surface area contributed by atoms with Gasteiger partial charge in [0.1, 0.15) is 5.60 Å². The molecule has 0 radical (unpaired) electrons. The van der Waals surface area contributed by atoms with Crippen LogP contribution in [0, 0.1) is 11.8 Å². The molecule has 1 amide bonds. The number of nitrogens with one attached hydrogen (secondary N) is 1. The molecule has 16 heavy (non-hydrogen) atoms. The minimum absolute atomic E-state index is 0. The van der Waals surface area contributed by atoms with Gasteiger partial charge in [0, 0.05) is 26.2 Å². The Morgan fingerprint density at radius 1 is 1.25 bits per heavy atom. The number of ether oxygens (including phenoxy) is 1. The maximum atomic E-state index is 11.8. The van der Waals surface area contributed by atoms with Crippen molar-refractivity contribution in [3.8, 4) is 0 Å². The predicted octanol–water partition coefficient (Wildman–Crippen LogP) is 1.49. The minimum Gasteiger partial charge on any atom is -0.444 e. The Morgan fingerprint density at radius 2 is 1.75 bits per heavy atom. The van der Waals surface area contributed by atoms with Crippen molar-refractivity contribution in [2.24, 2.45) is 11.8 Å². The van der Waals surface area contributed by atoms with E-state index in [2.05, 4.69) is 5.32 Å². The fourth-order valence-corrected chi connectivity index (χ4v) is 2.33. The van der Waals surface area contributed by atoms with E-state index in [1.165, 1.54) is 0 Å². The molecule has 0 unspecified atom stereocenters. The number of fused-ring (bicyclic) bond motifs is 1. The molecule has 0 aromatic carbocycles. The van der Waals surface area contributed by atoms with Crippen LogP contribution in [0.5, 0.6) is 0 Å². The second kappa shape index (κ2) is 4.80. The highest BCUT2D eigenvalue weighted by molar-refractivity contribution is 5.85. The average molecular weight is 249 g/mol. The number of amides is 1. The van der Waals surface area contributed by atoms with Gasteiger partial charge in [-0.25, -0.2) is 4.79 Å². The molecule has 0 aliphatic carbocycles. The minimum atomic E-state index is -0.382. The van der Waals surface area contributed by atoms with E-state index in [9.17, 15) is 4.79 Å². The number of hydrogen-bond donors (Lipinski definition) is 1. The highest BCUT2D eigenvalue weighted by atomic mass is 35.5. The number of likely N-dealkylation sites (tertiary alicyclic amines) is 1. The van der Waals surface area contributed by atoms with Crippen LogP contribution in [-0.2, 0) is 4.74 Å². The average Bonchev–Trinajstić information content (AvgIpc) is 2.56. The largest absolute Gasteiger partial charge is 0.444 e. The first-order chi connectivity index (χ1) is 6.96. The molecule has 0 aromatic rings. The maximum Gasteiger partial charge on any atom is 0.410 e. The van der Waals surface area contributed by atoms with E-state index in [1.807, 2.05) is 25.7 Å². The van der Waals surface area contributed by atoms with Crippen molar-refractivity contribution in [3.63, 3.8) is 0 Å². The van der Waals surface area contributed by atoms with Crippen LogP contribution in [-0.4, -0.2) is 42.8 Å².